The number of carbonyl (C=O) groups is 2. The molecule has 2 aliphatic carbocycles. The third kappa shape index (κ3) is 4.87. The van der Waals surface area contributed by atoms with Crippen LogP contribution in [0.1, 0.15) is 79.9 Å². The van der Waals surface area contributed by atoms with Gasteiger partial charge in [-0.15, -0.1) is 0 Å². The Balaban J connectivity index is 1.27. The van der Waals surface area contributed by atoms with E-state index in [1.165, 1.54) is 30.9 Å². The number of H-pyrrole nitrogens is 2. The molecule has 2 aromatic carbocycles. The van der Waals surface area contributed by atoms with E-state index in [-0.39, 0.29) is 53.6 Å². The summed E-state index contributed by atoms with van der Waals surface area (Å²) in [5.41, 5.74) is 6.74. The van der Waals surface area contributed by atoms with Crippen LogP contribution >= 0.6 is 0 Å². The second-order valence-electron chi connectivity index (χ2n) is 16.7. The lowest BCUT2D eigenvalue weighted by Crippen LogP contribution is -2.70. The van der Waals surface area contributed by atoms with Crippen LogP contribution in [0, 0.1) is 29.6 Å². The van der Waals surface area contributed by atoms with Gasteiger partial charge in [0, 0.05) is 81.8 Å². The molecule has 6 aliphatic rings. The third-order valence-electron chi connectivity index (χ3n) is 14.7. The molecule has 53 heavy (non-hydrogen) atoms. The molecule has 10 nitrogen and oxygen atoms in total. The largest absolute Gasteiger partial charge is 0.496 e. The minimum absolute atomic E-state index is 0.00510. The van der Waals surface area contributed by atoms with Gasteiger partial charge >= 0.3 is 11.9 Å². The van der Waals surface area contributed by atoms with Gasteiger partial charge in [0.1, 0.15) is 17.4 Å². The molecular formula is C43H54N4O6. The molecule has 282 valence electrons. The number of likely N-dealkylation sites (tertiary alicyclic amines) is 1. The van der Waals surface area contributed by atoms with Crippen LogP contribution < -0.4 is 4.74 Å². The van der Waals surface area contributed by atoms with E-state index in [1.807, 2.05) is 0 Å². The number of nitrogens with zero attached hydrogens (tertiary/aromatic N) is 2. The van der Waals surface area contributed by atoms with Crippen LogP contribution in [-0.2, 0) is 37.3 Å². The molecule has 10 rings (SSSR count). The van der Waals surface area contributed by atoms with Crippen molar-refractivity contribution in [3.05, 3.63) is 64.5 Å². The van der Waals surface area contributed by atoms with Gasteiger partial charge in [-0.05, 0) is 80.2 Å². The Labute approximate surface area is 311 Å². The van der Waals surface area contributed by atoms with Crippen LogP contribution in [-0.4, -0.2) is 96.6 Å². The monoisotopic (exact) mass is 722 g/mol. The number of ether oxygens (including phenoxy) is 3. The maximum absolute atomic E-state index is 14.3. The van der Waals surface area contributed by atoms with Crippen molar-refractivity contribution in [1.29, 1.82) is 0 Å². The molecule has 11 unspecified atom stereocenters. The number of piperidine rings is 3. The first-order valence-electron chi connectivity index (χ1n) is 19.8. The molecule has 3 saturated heterocycles. The summed E-state index contributed by atoms with van der Waals surface area (Å²) in [6.07, 6.45) is 5.05. The molecule has 3 N–H and O–H groups in total. The zero-order chi connectivity index (χ0) is 36.9. The van der Waals surface area contributed by atoms with Crippen LogP contribution in [0.3, 0.4) is 0 Å². The smallest absolute Gasteiger partial charge is 0.319 e. The lowest BCUT2D eigenvalue weighted by atomic mass is 9.56. The van der Waals surface area contributed by atoms with Crippen LogP contribution in [0.15, 0.2) is 36.4 Å². The van der Waals surface area contributed by atoms with Gasteiger partial charge < -0.3 is 34.2 Å². The first-order valence-corrected chi connectivity index (χ1v) is 19.8. The number of carbonyl (C=O) groups excluding carboxylic acids is 2. The number of para-hydroxylation sites is 1. The molecule has 1 saturated carbocycles. The standard InChI is InChI=1S/C43H54N4O6/c1-7-22-15-24-20-43(42(50)53-6)38-26(13-14-47(39(22)43)40(24)48)28-17-29(35(51-4)19-33(28)45-38)30-16-27-23(8-2)21-46(3)34(36(27)41(49)52-5)18-31-25-11-9-10-12-32(25)44-37(30)31/h9-12,17,19,22-24,27,30,34,36,39-40,44-45,48H,7-8,13-16,18,20-21H2,1-6H3. The number of hydrogen-bond donors (Lipinski definition) is 3. The van der Waals surface area contributed by atoms with Crippen molar-refractivity contribution < 1.29 is 28.9 Å². The molecule has 6 heterocycles. The average molecular weight is 723 g/mol. The van der Waals surface area contributed by atoms with E-state index >= 15 is 0 Å². The zero-order valence-corrected chi connectivity index (χ0v) is 31.9. The number of aliphatic hydroxyl groups is 1. The lowest BCUT2D eigenvalue weighted by molar-refractivity contribution is -0.196. The molecule has 4 aromatic rings. The quantitative estimate of drug-likeness (QED) is 0.211. The Morgan fingerprint density at radius 1 is 0.962 bits per heavy atom. The molecule has 11 atom stereocenters. The second-order valence-corrected chi connectivity index (χ2v) is 16.7. The fraction of sp³-hybridized carbons (Fsp3) is 0.581. The number of hydrogen-bond acceptors (Lipinski definition) is 8. The van der Waals surface area contributed by atoms with Crippen molar-refractivity contribution in [2.45, 2.75) is 88.4 Å². The number of rotatable bonds is 6. The summed E-state index contributed by atoms with van der Waals surface area (Å²) >= 11 is 0. The zero-order valence-electron chi connectivity index (χ0n) is 31.9. The average Bonchev–Trinajstić information content (AvgIpc) is 3.69. The molecule has 4 fully saturated rings. The molecule has 6 bridgehead atoms. The summed E-state index contributed by atoms with van der Waals surface area (Å²) in [5.74, 6) is 0.822. The number of likely N-dealkylation sites (N-methyl/N-ethyl adjacent to an activating group) is 1. The van der Waals surface area contributed by atoms with Crippen molar-refractivity contribution in [3.8, 4) is 5.75 Å². The van der Waals surface area contributed by atoms with Gasteiger partial charge in [0.05, 0.1) is 27.2 Å². The van der Waals surface area contributed by atoms with Crippen molar-refractivity contribution in [1.82, 2.24) is 19.8 Å². The number of esters is 2. The molecule has 0 spiro atoms. The highest BCUT2D eigenvalue weighted by atomic mass is 16.5. The SMILES string of the molecule is CCC1CN(C)C2Cc3c([nH]c4ccccc34)C(c3cc4c5c([nH]c4cc3OC)C3(C(=O)OC)CC4CC(CC)C3N(CC5)C4O)CC1C2C(=O)OC. The predicted molar refractivity (Wildman–Crippen MR) is 203 cm³/mol. The van der Waals surface area contributed by atoms with Crippen molar-refractivity contribution in [2.24, 2.45) is 29.6 Å². The van der Waals surface area contributed by atoms with Crippen LogP contribution in [0.25, 0.3) is 21.8 Å². The van der Waals surface area contributed by atoms with Gasteiger partial charge in [0.25, 0.3) is 0 Å². The van der Waals surface area contributed by atoms with E-state index < -0.39 is 11.6 Å². The highest BCUT2D eigenvalue weighted by Gasteiger charge is 2.65. The topological polar surface area (TPSA) is 120 Å². The Bertz CT molecular complexity index is 2090. The molecule has 10 heteroatoms. The van der Waals surface area contributed by atoms with Gasteiger partial charge in [-0.25, -0.2) is 0 Å². The molecule has 0 amide bonds. The van der Waals surface area contributed by atoms with E-state index in [1.54, 1.807) is 7.11 Å². The van der Waals surface area contributed by atoms with Gasteiger partial charge in [0.2, 0.25) is 0 Å². The normalized spacial score (nSPS) is 34.8. The van der Waals surface area contributed by atoms with E-state index in [9.17, 15) is 14.7 Å². The van der Waals surface area contributed by atoms with Gasteiger partial charge in [-0.3, -0.25) is 14.5 Å². The van der Waals surface area contributed by atoms with E-state index in [0.29, 0.717) is 25.3 Å². The highest BCUT2D eigenvalue weighted by Crippen LogP contribution is 2.58. The Morgan fingerprint density at radius 2 is 1.75 bits per heavy atom. The van der Waals surface area contributed by atoms with Gasteiger partial charge in [-0.1, -0.05) is 44.9 Å². The Hall–Kier alpha value is -3.86. The first kappa shape index (κ1) is 34.9. The maximum Gasteiger partial charge on any atom is 0.319 e. The first-order chi connectivity index (χ1) is 25.7. The molecule has 2 aromatic heterocycles. The number of aromatic nitrogens is 2. The molecular weight excluding hydrogens is 668 g/mol. The van der Waals surface area contributed by atoms with Crippen LogP contribution in [0.5, 0.6) is 5.75 Å². The maximum atomic E-state index is 14.3. The fourth-order valence-corrected chi connectivity index (χ4v) is 12.4. The van der Waals surface area contributed by atoms with Crippen molar-refractivity contribution in [2.75, 3.05) is 41.5 Å². The van der Waals surface area contributed by atoms with E-state index in [4.69, 9.17) is 14.2 Å². The number of aromatic amines is 2. The second kappa shape index (κ2) is 12.9. The van der Waals surface area contributed by atoms with Gasteiger partial charge in [0.15, 0.2) is 0 Å². The number of nitrogens with one attached hydrogen (secondary N) is 2. The summed E-state index contributed by atoms with van der Waals surface area (Å²) < 4.78 is 17.6. The van der Waals surface area contributed by atoms with Crippen molar-refractivity contribution in [3.63, 3.8) is 0 Å². The number of fused-ring (bicyclic) bond motifs is 9. The summed E-state index contributed by atoms with van der Waals surface area (Å²) in [5, 5.41) is 13.8. The summed E-state index contributed by atoms with van der Waals surface area (Å²) in [7, 11) is 6.94. The van der Waals surface area contributed by atoms with E-state index in [0.717, 1.165) is 77.6 Å². The van der Waals surface area contributed by atoms with Crippen LogP contribution in [0.2, 0.25) is 0 Å². The summed E-state index contributed by atoms with van der Waals surface area (Å²) in [4.78, 5) is 40.4. The summed E-state index contributed by atoms with van der Waals surface area (Å²) in [6.45, 7) is 6.05. The highest BCUT2D eigenvalue weighted by molar-refractivity contribution is 5.93. The van der Waals surface area contributed by atoms with Gasteiger partial charge in [-0.2, -0.15) is 0 Å². The number of benzene rings is 2. The third-order valence-corrected chi connectivity index (χ3v) is 14.7. The minimum atomic E-state index is -0.897. The predicted octanol–water partition coefficient (Wildman–Crippen LogP) is 5.89. The Kier molecular flexibility index (Phi) is 8.48. The fourth-order valence-electron chi connectivity index (χ4n) is 12.4. The van der Waals surface area contributed by atoms with E-state index in [2.05, 4.69) is 77.1 Å². The lowest BCUT2D eigenvalue weighted by Gasteiger charge is -2.59. The number of methoxy groups -OCH3 is 3. The summed E-state index contributed by atoms with van der Waals surface area (Å²) in [6, 6.07) is 12.8. The molecule has 0 radical (unpaired) electrons. The Morgan fingerprint density at radius 3 is 2.49 bits per heavy atom. The molecule has 4 aliphatic heterocycles. The minimum Gasteiger partial charge on any atom is -0.496 e. The van der Waals surface area contributed by atoms with Crippen LogP contribution in [0.4, 0.5) is 0 Å². The number of aliphatic hydroxyl groups excluding tert-OH is 1. The van der Waals surface area contributed by atoms with Crippen molar-refractivity contribution >= 4 is 33.7 Å².